The molecule has 0 aliphatic heterocycles. The van der Waals surface area contributed by atoms with Crippen LogP contribution in [0.4, 0.5) is 0 Å². The van der Waals surface area contributed by atoms with Crippen LogP contribution in [0.15, 0.2) is 24.8 Å². The van der Waals surface area contributed by atoms with Gasteiger partial charge in [0.2, 0.25) is 0 Å². The van der Waals surface area contributed by atoms with Gasteiger partial charge in [0, 0.05) is 0 Å². The zero-order valence-corrected chi connectivity index (χ0v) is 6.15. The van der Waals surface area contributed by atoms with Crippen LogP contribution >= 0.6 is 0 Å². The minimum Gasteiger partial charge on any atom is -0.506 e. The van der Waals surface area contributed by atoms with E-state index in [0.717, 1.165) is 11.1 Å². The highest BCUT2D eigenvalue weighted by Gasteiger charge is 1.97. The van der Waals surface area contributed by atoms with Crippen LogP contribution in [0, 0.1) is 6.92 Å². The zero-order valence-electron chi connectivity index (χ0n) is 6.15. The van der Waals surface area contributed by atoms with Crippen LogP contribution in [-0.4, -0.2) is 14.5 Å². The number of nitrogens with zero attached hydrogens (tertiary/aromatic N) is 2. The highest BCUT2D eigenvalue weighted by Crippen LogP contribution is 2.16. The third-order valence-corrected chi connectivity index (χ3v) is 1.73. The molecule has 2 aromatic heterocycles. The minimum absolute atomic E-state index is 0.301. The minimum atomic E-state index is 0.301. The third kappa shape index (κ3) is 0.852. The first kappa shape index (κ1) is 6.22. The number of hydrogen-bond donors (Lipinski definition) is 1. The Morgan fingerprint density at radius 1 is 1.55 bits per heavy atom. The molecule has 0 spiro atoms. The normalized spacial score (nSPS) is 10.6. The van der Waals surface area contributed by atoms with E-state index in [1.165, 1.54) is 0 Å². The van der Waals surface area contributed by atoms with Gasteiger partial charge in [-0.3, -0.25) is 0 Å². The molecule has 56 valence electrons. The molecule has 2 aromatic rings. The molecule has 0 radical (unpaired) electrons. The van der Waals surface area contributed by atoms with Gasteiger partial charge in [-0.1, -0.05) is 0 Å². The van der Waals surface area contributed by atoms with E-state index in [4.69, 9.17) is 0 Å². The van der Waals surface area contributed by atoms with Crippen LogP contribution in [0.3, 0.4) is 0 Å². The number of aromatic hydroxyl groups is 1. The zero-order chi connectivity index (χ0) is 7.84. The van der Waals surface area contributed by atoms with Crippen LogP contribution < -0.4 is 0 Å². The molecule has 11 heavy (non-hydrogen) atoms. The number of imidazole rings is 1. The molecular weight excluding hydrogens is 140 g/mol. The maximum atomic E-state index is 9.29. The highest BCUT2D eigenvalue weighted by atomic mass is 16.3. The molecule has 2 heterocycles. The lowest BCUT2D eigenvalue weighted by Gasteiger charge is -1.98. The van der Waals surface area contributed by atoms with E-state index in [1.807, 2.05) is 13.0 Å². The first-order chi connectivity index (χ1) is 5.27. The largest absolute Gasteiger partial charge is 0.506 e. The molecule has 0 aromatic carbocycles. The van der Waals surface area contributed by atoms with Gasteiger partial charge in [0.05, 0.1) is 24.2 Å². The molecule has 0 atom stereocenters. The lowest BCUT2D eigenvalue weighted by molar-refractivity contribution is 0.467. The SMILES string of the molecule is Cc1cc2cncn2cc1O. The van der Waals surface area contributed by atoms with Gasteiger partial charge < -0.3 is 9.51 Å². The Balaban J connectivity index is 2.86. The Bertz CT molecular complexity index is 356. The van der Waals surface area contributed by atoms with Gasteiger partial charge in [0.1, 0.15) is 5.75 Å². The van der Waals surface area contributed by atoms with E-state index in [9.17, 15) is 5.11 Å². The van der Waals surface area contributed by atoms with Crippen LogP contribution in [-0.2, 0) is 0 Å². The molecule has 0 unspecified atom stereocenters. The van der Waals surface area contributed by atoms with Gasteiger partial charge in [-0.05, 0) is 18.6 Å². The predicted molar refractivity (Wildman–Crippen MR) is 41.6 cm³/mol. The summed E-state index contributed by atoms with van der Waals surface area (Å²) in [4.78, 5) is 3.94. The first-order valence-electron chi connectivity index (χ1n) is 3.38. The average molecular weight is 148 g/mol. The molecule has 0 aliphatic rings. The molecule has 0 amide bonds. The van der Waals surface area contributed by atoms with Gasteiger partial charge in [-0.15, -0.1) is 0 Å². The van der Waals surface area contributed by atoms with Crippen LogP contribution in [0.25, 0.3) is 5.52 Å². The number of rotatable bonds is 0. The highest BCUT2D eigenvalue weighted by molar-refractivity contribution is 5.50. The maximum absolute atomic E-state index is 9.29. The molecule has 0 saturated carbocycles. The fraction of sp³-hybridized carbons (Fsp3) is 0.125. The number of aryl methyl sites for hydroxylation is 1. The van der Waals surface area contributed by atoms with Crippen molar-refractivity contribution >= 4 is 5.52 Å². The average Bonchev–Trinajstić information content (AvgIpc) is 2.36. The Labute approximate surface area is 63.9 Å². The lowest BCUT2D eigenvalue weighted by Crippen LogP contribution is -1.82. The Hall–Kier alpha value is -1.51. The molecule has 1 N–H and O–H groups in total. The van der Waals surface area contributed by atoms with Crippen molar-refractivity contribution in [2.75, 3.05) is 0 Å². The molecule has 3 heteroatoms. The van der Waals surface area contributed by atoms with Crippen molar-refractivity contribution in [1.29, 1.82) is 0 Å². The van der Waals surface area contributed by atoms with Crippen molar-refractivity contribution in [1.82, 2.24) is 9.38 Å². The van der Waals surface area contributed by atoms with E-state index >= 15 is 0 Å². The summed E-state index contributed by atoms with van der Waals surface area (Å²) in [6, 6.07) is 1.89. The molecule has 0 aliphatic carbocycles. The number of fused-ring (bicyclic) bond motifs is 1. The number of pyridine rings is 1. The van der Waals surface area contributed by atoms with Crippen molar-refractivity contribution < 1.29 is 5.11 Å². The van der Waals surface area contributed by atoms with E-state index in [0.29, 0.717) is 5.75 Å². The second-order valence-corrected chi connectivity index (χ2v) is 2.57. The van der Waals surface area contributed by atoms with Crippen LogP contribution in [0.5, 0.6) is 5.75 Å². The fourth-order valence-electron chi connectivity index (χ4n) is 1.06. The van der Waals surface area contributed by atoms with Gasteiger partial charge in [0.15, 0.2) is 0 Å². The molecular formula is C8H8N2O. The molecule has 0 saturated heterocycles. The molecule has 0 bridgehead atoms. The van der Waals surface area contributed by atoms with Crippen molar-refractivity contribution in [2.45, 2.75) is 6.92 Å². The van der Waals surface area contributed by atoms with Crippen LogP contribution in [0.1, 0.15) is 5.56 Å². The quantitative estimate of drug-likeness (QED) is 0.612. The predicted octanol–water partition coefficient (Wildman–Crippen LogP) is 1.35. The summed E-state index contributed by atoms with van der Waals surface area (Å²) in [7, 11) is 0. The fourth-order valence-corrected chi connectivity index (χ4v) is 1.06. The van der Waals surface area contributed by atoms with Gasteiger partial charge >= 0.3 is 0 Å². The number of aromatic nitrogens is 2. The van der Waals surface area contributed by atoms with E-state index in [2.05, 4.69) is 4.98 Å². The van der Waals surface area contributed by atoms with Crippen molar-refractivity contribution in [3.8, 4) is 5.75 Å². The van der Waals surface area contributed by atoms with Crippen molar-refractivity contribution in [2.24, 2.45) is 0 Å². The summed E-state index contributed by atoms with van der Waals surface area (Å²) >= 11 is 0. The summed E-state index contributed by atoms with van der Waals surface area (Å²) in [5, 5.41) is 9.29. The second kappa shape index (κ2) is 1.99. The maximum Gasteiger partial charge on any atom is 0.135 e. The van der Waals surface area contributed by atoms with Crippen molar-refractivity contribution in [3.63, 3.8) is 0 Å². The van der Waals surface area contributed by atoms with E-state index in [1.54, 1.807) is 23.1 Å². The first-order valence-corrected chi connectivity index (χ1v) is 3.38. The molecule has 0 fully saturated rings. The van der Waals surface area contributed by atoms with E-state index < -0.39 is 0 Å². The Kier molecular flexibility index (Phi) is 1.12. The standard InChI is InChI=1S/C8H8N2O/c1-6-2-7-3-9-5-10(7)4-8(6)11/h2-5,11H,1H3. The third-order valence-electron chi connectivity index (χ3n) is 1.73. The summed E-state index contributed by atoms with van der Waals surface area (Å²) in [6.07, 6.45) is 5.07. The topological polar surface area (TPSA) is 37.5 Å². The van der Waals surface area contributed by atoms with E-state index in [-0.39, 0.29) is 0 Å². The number of hydrogen-bond acceptors (Lipinski definition) is 2. The van der Waals surface area contributed by atoms with Gasteiger partial charge in [0.25, 0.3) is 0 Å². The van der Waals surface area contributed by atoms with Gasteiger partial charge in [-0.2, -0.15) is 0 Å². The Morgan fingerprint density at radius 2 is 2.36 bits per heavy atom. The monoisotopic (exact) mass is 148 g/mol. The summed E-state index contributed by atoms with van der Waals surface area (Å²) in [6.45, 7) is 1.86. The van der Waals surface area contributed by atoms with Crippen molar-refractivity contribution in [3.05, 3.63) is 30.4 Å². The molecule has 3 nitrogen and oxygen atoms in total. The summed E-state index contributed by atoms with van der Waals surface area (Å²) in [5.41, 5.74) is 1.87. The smallest absolute Gasteiger partial charge is 0.135 e. The van der Waals surface area contributed by atoms with Gasteiger partial charge in [-0.25, -0.2) is 4.98 Å². The molecule has 2 rings (SSSR count). The van der Waals surface area contributed by atoms with Crippen LogP contribution in [0.2, 0.25) is 0 Å². The summed E-state index contributed by atoms with van der Waals surface area (Å²) < 4.78 is 1.78. The lowest BCUT2D eigenvalue weighted by atomic mass is 10.2. The summed E-state index contributed by atoms with van der Waals surface area (Å²) in [5.74, 6) is 0.301. The Morgan fingerprint density at radius 3 is 3.18 bits per heavy atom. The second-order valence-electron chi connectivity index (χ2n) is 2.57.